The van der Waals surface area contributed by atoms with Crippen LogP contribution < -0.4 is 0 Å². The zero-order valence-corrected chi connectivity index (χ0v) is 7.06. The summed E-state index contributed by atoms with van der Waals surface area (Å²) in [6.45, 7) is 0. The van der Waals surface area contributed by atoms with Crippen LogP contribution in [0.3, 0.4) is 0 Å². The van der Waals surface area contributed by atoms with Gasteiger partial charge >= 0.3 is 0 Å². The Morgan fingerprint density at radius 3 is 3.36 bits per heavy atom. The quantitative estimate of drug-likeness (QED) is 0.573. The molecular formula is C7H9NO2S. The molecule has 1 fully saturated rings. The van der Waals surface area contributed by atoms with Gasteiger partial charge < -0.3 is 9.64 Å². The van der Waals surface area contributed by atoms with Gasteiger partial charge in [0.15, 0.2) is 0 Å². The van der Waals surface area contributed by atoms with Crippen molar-refractivity contribution in [1.82, 2.24) is 4.90 Å². The maximum absolute atomic E-state index is 11.2. The van der Waals surface area contributed by atoms with Gasteiger partial charge in [-0.3, -0.25) is 4.79 Å². The van der Waals surface area contributed by atoms with Crippen molar-refractivity contribution in [2.45, 2.75) is 6.04 Å². The van der Waals surface area contributed by atoms with E-state index in [-0.39, 0.29) is 11.9 Å². The second-order valence-electron chi connectivity index (χ2n) is 2.57. The fourth-order valence-electron chi connectivity index (χ4n) is 1.39. The molecule has 3 nitrogen and oxygen atoms in total. The molecule has 0 aliphatic carbocycles. The third-order valence-corrected chi connectivity index (χ3v) is 3.01. The first-order valence-corrected chi connectivity index (χ1v) is 4.62. The zero-order valence-electron chi connectivity index (χ0n) is 6.24. The molecule has 2 aliphatic heterocycles. The minimum atomic E-state index is 0.0943. The number of carbonyl (C=O) groups is 1. The fourth-order valence-corrected chi connectivity index (χ4v) is 2.57. The average Bonchev–Trinajstić information content (AvgIpc) is 2.54. The van der Waals surface area contributed by atoms with E-state index >= 15 is 0 Å². The number of ether oxygens (including phenoxy) is 1. The van der Waals surface area contributed by atoms with Crippen molar-refractivity contribution in [3.05, 3.63) is 11.8 Å². The highest BCUT2D eigenvalue weighted by Crippen LogP contribution is 2.30. The number of thioether (sulfide) groups is 1. The lowest BCUT2D eigenvalue weighted by Crippen LogP contribution is -2.30. The molecule has 0 radical (unpaired) electrons. The first-order chi connectivity index (χ1) is 5.33. The number of rotatable bonds is 1. The predicted molar refractivity (Wildman–Crippen MR) is 43.1 cm³/mol. The number of methoxy groups -OCH3 is 1. The van der Waals surface area contributed by atoms with Gasteiger partial charge in [-0.2, -0.15) is 0 Å². The van der Waals surface area contributed by atoms with Crippen LogP contribution in [0.2, 0.25) is 0 Å². The molecule has 2 aliphatic rings. The number of fused-ring (bicyclic) bond motifs is 1. The Labute approximate surface area is 69.4 Å². The molecule has 4 heteroatoms. The van der Waals surface area contributed by atoms with Crippen molar-refractivity contribution in [3.8, 4) is 0 Å². The van der Waals surface area contributed by atoms with Gasteiger partial charge in [0.25, 0.3) is 5.91 Å². The van der Waals surface area contributed by atoms with Crippen molar-refractivity contribution >= 4 is 17.7 Å². The van der Waals surface area contributed by atoms with Gasteiger partial charge in [-0.25, -0.2) is 0 Å². The molecule has 0 unspecified atom stereocenters. The van der Waals surface area contributed by atoms with E-state index in [1.54, 1.807) is 24.9 Å². The maximum Gasteiger partial charge on any atom is 0.251 e. The third kappa shape index (κ3) is 0.929. The van der Waals surface area contributed by atoms with Crippen molar-refractivity contribution in [2.24, 2.45) is 0 Å². The summed E-state index contributed by atoms with van der Waals surface area (Å²) in [5, 5.41) is 0. The van der Waals surface area contributed by atoms with E-state index in [9.17, 15) is 4.79 Å². The summed E-state index contributed by atoms with van der Waals surface area (Å²) in [5.41, 5.74) is 0. The van der Waals surface area contributed by atoms with Gasteiger partial charge in [-0.05, 0) is 0 Å². The van der Waals surface area contributed by atoms with E-state index in [1.165, 1.54) is 0 Å². The summed E-state index contributed by atoms with van der Waals surface area (Å²) < 4.78 is 5.08. The molecule has 0 saturated carbocycles. The standard InChI is InChI=1S/C7H9NO2S/c1-10-6-2-7(9)8-4-11-3-5(6)8/h2,5H,3-4H2,1H3/t5-/m1/s1. The Kier molecular flexibility index (Phi) is 1.56. The van der Waals surface area contributed by atoms with Gasteiger partial charge in [0.05, 0.1) is 19.0 Å². The number of amides is 1. The summed E-state index contributed by atoms with van der Waals surface area (Å²) in [6.07, 6.45) is 1.59. The fraction of sp³-hybridized carbons (Fsp3) is 0.571. The smallest absolute Gasteiger partial charge is 0.251 e. The summed E-state index contributed by atoms with van der Waals surface area (Å²) in [4.78, 5) is 13.0. The normalized spacial score (nSPS) is 28.8. The molecule has 2 heterocycles. The summed E-state index contributed by atoms with van der Waals surface area (Å²) in [5.74, 6) is 2.70. The molecule has 60 valence electrons. The van der Waals surface area contributed by atoms with Crippen molar-refractivity contribution in [1.29, 1.82) is 0 Å². The molecule has 0 bridgehead atoms. The van der Waals surface area contributed by atoms with Crippen LogP contribution in [-0.2, 0) is 9.53 Å². The molecule has 0 spiro atoms. The zero-order chi connectivity index (χ0) is 7.84. The SMILES string of the molecule is COC1=CC(=O)N2CSC[C@H]12. The van der Waals surface area contributed by atoms with Crippen molar-refractivity contribution in [3.63, 3.8) is 0 Å². The second-order valence-corrected chi connectivity index (χ2v) is 3.57. The van der Waals surface area contributed by atoms with Crippen LogP contribution in [0.15, 0.2) is 11.8 Å². The van der Waals surface area contributed by atoms with E-state index in [1.807, 2.05) is 4.90 Å². The third-order valence-electron chi connectivity index (χ3n) is 2.00. The number of hydrogen-bond acceptors (Lipinski definition) is 3. The van der Waals surface area contributed by atoms with E-state index in [0.29, 0.717) is 0 Å². The summed E-state index contributed by atoms with van der Waals surface area (Å²) in [6, 6.07) is 0.220. The minimum absolute atomic E-state index is 0.0943. The van der Waals surface area contributed by atoms with Crippen LogP contribution in [-0.4, -0.2) is 35.6 Å². The highest BCUT2D eigenvalue weighted by Gasteiger charge is 2.37. The van der Waals surface area contributed by atoms with Gasteiger partial charge in [0.1, 0.15) is 5.76 Å². The Balaban J connectivity index is 2.24. The highest BCUT2D eigenvalue weighted by molar-refractivity contribution is 7.99. The molecule has 0 aromatic heterocycles. The average molecular weight is 171 g/mol. The molecule has 1 atom stereocenters. The largest absolute Gasteiger partial charge is 0.499 e. The topological polar surface area (TPSA) is 29.5 Å². The Hall–Kier alpha value is -0.640. The Bertz CT molecular complexity index is 226. The maximum atomic E-state index is 11.2. The van der Waals surface area contributed by atoms with Gasteiger partial charge in [0.2, 0.25) is 0 Å². The second kappa shape index (κ2) is 2.44. The van der Waals surface area contributed by atoms with Crippen LogP contribution in [0.1, 0.15) is 0 Å². The molecule has 0 aromatic carbocycles. The van der Waals surface area contributed by atoms with Crippen molar-refractivity contribution < 1.29 is 9.53 Å². The molecular weight excluding hydrogens is 162 g/mol. The lowest BCUT2D eigenvalue weighted by molar-refractivity contribution is -0.124. The van der Waals surface area contributed by atoms with E-state index in [0.717, 1.165) is 17.4 Å². The van der Waals surface area contributed by atoms with Crippen LogP contribution in [0.25, 0.3) is 0 Å². The monoisotopic (exact) mass is 171 g/mol. The molecule has 2 rings (SSSR count). The lowest BCUT2D eigenvalue weighted by atomic mass is 10.3. The molecule has 1 amide bonds. The lowest BCUT2D eigenvalue weighted by Gasteiger charge is -2.15. The van der Waals surface area contributed by atoms with Gasteiger partial charge in [-0.1, -0.05) is 0 Å². The van der Waals surface area contributed by atoms with E-state index in [4.69, 9.17) is 4.74 Å². The highest BCUT2D eigenvalue weighted by atomic mass is 32.2. The van der Waals surface area contributed by atoms with Crippen molar-refractivity contribution in [2.75, 3.05) is 18.7 Å². The number of hydrogen-bond donors (Lipinski definition) is 0. The molecule has 0 N–H and O–H groups in total. The van der Waals surface area contributed by atoms with Crippen LogP contribution in [0, 0.1) is 0 Å². The predicted octanol–water partition coefficient (Wildman–Crippen LogP) is 0.432. The Morgan fingerprint density at radius 1 is 1.82 bits per heavy atom. The van der Waals surface area contributed by atoms with Gasteiger partial charge in [0, 0.05) is 11.8 Å². The first kappa shape index (κ1) is 7.03. The number of nitrogens with zero attached hydrogens (tertiary/aromatic N) is 1. The molecule has 0 aromatic rings. The summed E-state index contributed by atoms with van der Waals surface area (Å²) >= 11 is 1.77. The summed E-state index contributed by atoms with van der Waals surface area (Å²) in [7, 11) is 1.62. The van der Waals surface area contributed by atoms with Gasteiger partial charge in [-0.15, -0.1) is 11.8 Å². The first-order valence-electron chi connectivity index (χ1n) is 3.47. The molecule has 11 heavy (non-hydrogen) atoms. The Morgan fingerprint density at radius 2 is 2.64 bits per heavy atom. The molecule has 1 saturated heterocycles. The minimum Gasteiger partial charge on any atom is -0.499 e. The van der Waals surface area contributed by atoms with Crippen LogP contribution in [0.5, 0.6) is 0 Å². The van der Waals surface area contributed by atoms with Crippen LogP contribution >= 0.6 is 11.8 Å². The van der Waals surface area contributed by atoms with E-state index in [2.05, 4.69) is 0 Å². The van der Waals surface area contributed by atoms with Crippen LogP contribution in [0.4, 0.5) is 0 Å². The van der Waals surface area contributed by atoms with E-state index < -0.39 is 0 Å². The number of carbonyl (C=O) groups excluding carboxylic acids is 1.